The third-order valence-electron chi connectivity index (χ3n) is 2.40. The normalized spacial score (nSPS) is 10.4. The number of anilines is 1. The molecule has 1 aromatic heterocycles. The van der Waals surface area contributed by atoms with E-state index in [1.54, 1.807) is 18.5 Å². The summed E-state index contributed by atoms with van der Waals surface area (Å²) in [6.45, 7) is 2.90. The summed E-state index contributed by atoms with van der Waals surface area (Å²) >= 11 is 5.99. The van der Waals surface area contributed by atoms with Crippen LogP contribution in [0.3, 0.4) is 0 Å². The summed E-state index contributed by atoms with van der Waals surface area (Å²) in [5, 5.41) is 3.48. The van der Waals surface area contributed by atoms with Crippen molar-refractivity contribution in [2.75, 3.05) is 11.9 Å². The Morgan fingerprint density at radius 2 is 2.17 bits per heavy atom. The lowest BCUT2D eigenvalue weighted by Gasteiger charge is -2.07. The minimum Gasteiger partial charge on any atom is -0.369 e. The maximum atomic E-state index is 13.0. The van der Waals surface area contributed by atoms with Crippen molar-refractivity contribution < 1.29 is 4.39 Å². The molecule has 0 bridgehead atoms. The Hall–Kier alpha value is -1.68. The molecule has 0 spiro atoms. The molecule has 0 saturated carbocycles. The second-order valence-electron chi connectivity index (χ2n) is 3.84. The average molecular weight is 266 g/mol. The highest BCUT2D eigenvalue weighted by molar-refractivity contribution is 6.33. The molecule has 0 amide bonds. The monoisotopic (exact) mass is 265 g/mol. The number of aromatic nitrogens is 2. The van der Waals surface area contributed by atoms with E-state index in [4.69, 9.17) is 11.6 Å². The standard InChI is InChI=1S/C13H13ClFN3/c1-2-5-17-13-8-16-7-12(18-13)10-4-3-9(15)6-11(10)14/h3-4,6-8H,2,5H2,1H3,(H,17,18). The van der Waals surface area contributed by atoms with Gasteiger partial charge in [0, 0.05) is 12.1 Å². The van der Waals surface area contributed by atoms with Gasteiger partial charge in [0.2, 0.25) is 0 Å². The van der Waals surface area contributed by atoms with Crippen LogP contribution in [0.1, 0.15) is 13.3 Å². The first kappa shape index (κ1) is 12.8. The predicted molar refractivity (Wildman–Crippen MR) is 71.2 cm³/mol. The molecule has 0 radical (unpaired) electrons. The molecule has 0 fully saturated rings. The van der Waals surface area contributed by atoms with E-state index in [0.717, 1.165) is 13.0 Å². The molecule has 94 valence electrons. The highest BCUT2D eigenvalue weighted by Gasteiger charge is 2.07. The maximum absolute atomic E-state index is 13.0. The van der Waals surface area contributed by atoms with Crippen LogP contribution in [0.25, 0.3) is 11.3 Å². The topological polar surface area (TPSA) is 37.8 Å². The minimum atomic E-state index is -0.364. The molecule has 0 aliphatic heterocycles. The smallest absolute Gasteiger partial charge is 0.145 e. The van der Waals surface area contributed by atoms with E-state index in [-0.39, 0.29) is 5.82 Å². The van der Waals surface area contributed by atoms with Crippen LogP contribution in [0.15, 0.2) is 30.6 Å². The van der Waals surface area contributed by atoms with Gasteiger partial charge in [-0.3, -0.25) is 4.98 Å². The van der Waals surface area contributed by atoms with Crippen LogP contribution in [-0.4, -0.2) is 16.5 Å². The lowest BCUT2D eigenvalue weighted by atomic mass is 10.1. The zero-order chi connectivity index (χ0) is 13.0. The van der Waals surface area contributed by atoms with Crippen LogP contribution in [0.4, 0.5) is 10.2 Å². The third-order valence-corrected chi connectivity index (χ3v) is 2.71. The van der Waals surface area contributed by atoms with Gasteiger partial charge >= 0.3 is 0 Å². The molecule has 5 heteroatoms. The SMILES string of the molecule is CCCNc1cncc(-c2ccc(F)cc2Cl)n1. The molecule has 2 aromatic rings. The van der Waals surface area contributed by atoms with Gasteiger partial charge in [-0.05, 0) is 24.6 Å². The van der Waals surface area contributed by atoms with Crippen molar-refractivity contribution >= 4 is 17.4 Å². The van der Waals surface area contributed by atoms with Crippen molar-refractivity contribution in [1.29, 1.82) is 0 Å². The van der Waals surface area contributed by atoms with Gasteiger partial charge in [-0.25, -0.2) is 9.37 Å². The van der Waals surface area contributed by atoms with Gasteiger partial charge in [-0.15, -0.1) is 0 Å². The molecule has 0 aliphatic rings. The van der Waals surface area contributed by atoms with Gasteiger partial charge in [0.1, 0.15) is 11.6 Å². The van der Waals surface area contributed by atoms with E-state index in [2.05, 4.69) is 22.2 Å². The average Bonchev–Trinajstić information content (AvgIpc) is 2.36. The van der Waals surface area contributed by atoms with Crippen molar-refractivity contribution in [3.63, 3.8) is 0 Å². The second kappa shape index (κ2) is 5.78. The lowest BCUT2D eigenvalue weighted by Crippen LogP contribution is -2.03. The quantitative estimate of drug-likeness (QED) is 0.915. The van der Waals surface area contributed by atoms with E-state index in [1.807, 2.05) is 0 Å². The van der Waals surface area contributed by atoms with Crippen molar-refractivity contribution in [1.82, 2.24) is 9.97 Å². The molecule has 1 N–H and O–H groups in total. The number of halogens is 2. The molecule has 0 aliphatic carbocycles. The summed E-state index contributed by atoms with van der Waals surface area (Å²) in [5.74, 6) is 0.326. The summed E-state index contributed by atoms with van der Waals surface area (Å²) < 4.78 is 13.0. The van der Waals surface area contributed by atoms with Crippen LogP contribution in [0, 0.1) is 5.82 Å². The summed E-state index contributed by atoms with van der Waals surface area (Å²) in [7, 11) is 0. The Balaban J connectivity index is 2.32. The first-order valence-electron chi connectivity index (χ1n) is 5.72. The number of nitrogens with one attached hydrogen (secondary N) is 1. The first-order chi connectivity index (χ1) is 8.70. The van der Waals surface area contributed by atoms with Crippen molar-refractivity contribution in [3.8, 4) is 11.3 Å². The number of hydrogen-bond donors (Lipinski definition) is 1. The molecule has 18 heavy (non-hydrogen) atoms. The van der Waals surface area contributed by atoms with Crippen molar-refractivity contribution in [2.45, 2.75) is 13.3 Å². The zero-order valence-corrected chi connectivity index (χ0v) is 10.7. The van der Waals surface area contributed by atoms with E-state index < -0.39 is 0 Å². The van der Waals surface area contributed by atoms with Crippen LogP contribution in [-0.2, 0) is 0 Å². The van der Waals surface area contributed by atoms with Gasteiger partial charge in [0.25, 0.3) is 0 Å². The van der Waals surface area contributed by atoms with Crippen molar-refractivity contribution in [3.05, 3.63) is 41.4 Å². The fourth-order valence-electron chi connectivity index (χ4n) is 1.53. The Bertz CT molecular complexity index is 546. The number of rotatable bonds is 4. The van der Waals surface area contributed by atoms with E-state index >= 15 is 0 Å². The zero-order valence-electron chi connectivity index (χ0n) is 9.95. The molecule has 2 rings (SSSR count). The van der Waals surface area contributed by atoms with E-state index in [0.29, 0.717) is 22.1 Å². The number of hydrogen-bond acceptors (Lipinski definition) is 3. The Kier molecular flexibility index (Phi) is 4.10. The fraction of sp³-hybridized carbons (Fsp3) is 0.231. The van der Waals surface area contributed by atoms with Gasteiger partial charge in [-0.2, -0.15) is 0 Å². The maximum Gasteiger partial charge on any atom is 0.145 e. The number of nitrogens with zero attached hydrogens (tertiary/aromatic N) is 2. The molecule has 3 nitrogen and oxygen atoms in total. The first-order valence-corrected chi connectivity index (χ1v) is 6.10. The molecule has 1 heterocycles. The fourth-order valence-corrected chi connectivity index (χ4v) is 1.80. The van der Waals surface area contributed by atoms with Gasteiger partial charge in [-0.1, -0.05) is 18.5 Å². The lowest BCUT2D eigenvalue weighted by molar-refractivity contribution is 0.628. The van der Waals surface area contributed by atoms with Crippen LogP contribution < -0.4 is 5.32 Å². The largest absolute Gasteiger partial charge is 0.369 e. The highest BCUT2D eigenvalue weighted by Crippen LogP contribution is 2.27. The Labute approximate surface area is 110 Å². The molecule has 0 unspecified atom stereocenters. The summed E-state index contributed by atoms with van der Waals surface area (Å²) in [5.41, 5.74) is 1.30. The molecule has 0 atom stereocenters. The van der Waals surface area contributed by atoms with E-state index in [9.17, 15) is 4.39 Å². The van der Waals surface area contributed by atoms with Gasteiger partial charge in [0.05, 0.1) is 23.1 Å². The van der Waals surface area contributed by atoms with Crippen LogP contribution in [0.5, 0.6) is 0 Å². The van der Waals surface area contributed by atoms with Crippen LogP contribution in [0.2, 0.25) is 5.02 Å². The third kappa shape index (κ3) is 2.96. The molecule has 1 aromatic carbocycles. The van der Waals surface area contributed by atoms with Crippen molar-refractivity contribution in [2.24, 2.45) is 0 Å². The Morgan fingerprint density at radius 3 is 2.89 bits per heavy atom. The van der Waals surface area contributed by atoms with Crippen LogP contribution >= 0.6 is 11.6 Å². The van der Waals surface area contributed by atoms with E-state index in [1.165, 1.54) is 12.1 Å². The second-order valence-corrected chi connectivity index (χ2v) is 4.25. The minimum absolute atomic E-state index is 0.331. The Morgan fingerprint density at radius 1 is 1.33 bits per heavy atom. The highest BCUT2D eigenvalue weighted by atomic mass is 35.5. The molecular formula is C13H13ClFN3. The summed E-state index contributed by atoms with van der Waals surface area (Å²) in [6, 6.07) is 4.23. The van der Waals surface area contributed by atoms with Gasteiger partial charge in [0.15, 0.2) is 0 Å². The number of benzene rings is 1. The molecular weight excluding hydrogens is 253 g/mol. The predicted octanol–water partition coefficient (Wildman–Crippen LogP) is 3.76. The summed E-state index contributed by atoms with van der Waals surface area (Å²) in [6.07, 6.45) is 4.26. The van der Waals surface area contributed by atoms with Gasteiger partial charge < -0.3 is 5.32 Å². The summed E-state index contributed by atoms with van der Waals surface area (Å²) in [4.78, 5) is 8.49. The molecule has 0 saturated heterocycles.